The molecule has 0 bridgehead atoms. The smallest absolute Gasteiger partial charge is 0.356 e. The Morgan fingerprint density at radius 3 is 2.90 bits per heavy atom. The van der Waals surface area contributed by atoms with E-state index in [1.807, 2.05) is 6.07 Å². The van der Waals surface area contributed by atoms with Crippen LogP contribution in [0.15, 0.2) is 30.6 Å². The number of rotatable bonds is 3. The van der Waals surface area contributed by atoms with Gasteiger partial charge in [0.05, 0.1) is 18.4 Å². The molecule has 0 fully saturated rings. The van der Waals surface area contributed by atoms with Crippen LogP contribution < -0.4 is 5.32 Å². The predicted molar refractivity (Wildman–Crippen MR) is 74.7 cm³/mol. The monoisotopic (exact) mass is 287 g/mol. The highest BCUT2D eigenvalue weighted by Gasteiger charge is 2.22. The Morgan fingerprint density at radius 2 is 2.19 bits per heavy atom. The zero-order valence-electron chi connectivity index (χ0n) is 11.2. The van der Waals surface area contributed by atoms with E-state index in [1.54, 1.807) is 6.07 Å². The summed E-state index contributed by atoms with van der Waals surface area (Å²) in [5.41, 5.74) is 1.58. The summed E-state index contributed by atoms with van der Waals surface area (Å²) in [4.78, 5) is 18.6. The maximum atomic E-state index is 13.8. The lowest BCUT2D eigenvalue weighted by Crippen LogP contribution is -2.19. The molecule has 1 aliphatic carbocycles. The largest absolute Gasteiger partial charge is 0.476 e. The number of hydrogen-bond acceptors (Lipinski definition) is 4. The number of aromatic carboxylic acids is 1. The average molecular weight is 287 g/mol. The van der Waals surface area contributed by atoms with E-state index in [0.29, 0.717) is 5.82 Å². The SMILES string of the molecule is O=C(O)c1cnc(NC2CCCc3c(F)cccc32)cn1. The van der Waals surface area contributed by atoms with Gasteiger partial charge in [-0.2, -0.15) is 0 Å². The van der Waals surface area contributed by atoms with Gasteiger partial charge >= 0.3 is 5.97 Å². The fourth-order valence-electron chi connectivity index (χ4n) is 2.65. The predicted octanol–water partition coefficient (Wildman–Crippen LogP) is 2.80. The van der Waals surface area contributed by atoms with E-state index >= 15 is 0 Å². The van der Waals surface area contributed by atoms with Crippen LogP contribution in [-0.4, -0.2) is 21.0 Å². The number of nitrogens with zero attached hydrogens (tertiary/aromatic N) is 2. The van der Waals surface area contributed by atoms with Gasteiger partial charge in [0.1, 0.15) is 11.6 Å². The summed E-state index contributed by atoms with van der Waals surface area (Å²) >= 11 is 0. The van der Waals surface area contributed by atoms with Crippen molar-refractivity contribution in [1.29, 1.82) is 0 Å². The van der Waals surface area contributed by atoms with Crippen LogP contribution in [0.25, 0.3) is 0 Å². The van der Waals surface area contributed by atoms with Gasteiger partial charge in [0.15, 0.2) is 5.69 Å². The lowest BCUT2D eigenvalue weighted by atomic mass is 9.87. The molecule has 0 spiro atoms. The third-order valence-electron chi connectivity index (χ3n) is 3.64. The lowest BCUT2D eigenvalue weighted by molar-refractivity contribution is 0.0690. The second-order valence-corrected chi connectivity index (χ2v) is 4.99. The van der Waals surface area contributed by atoms with Crippen LogP contribution in [0.5, 0.6) is 0 Å². The van der Waals surface area contributed by atoms with Gasteiger partial charge in [-0.05, 0) is 36.5 Å². The van der Waals surface area contributed by atoms with E-state index < -0.39 is 5.97 Å². The molecule has 6 heteroatoms. The molecule has 1 heterocycles. The first kappa shape index (κ1) is 13.5. The molecule has 5 nitrogen and oxygen atoms in total. The summed E-state index contributed by atoms with van der Waals surface area (Å²) < 4.78 is 13.8. The summed E-state index contributed by atoms with van der Waals surface area (Å²) in [6.45, 7) is 0. The number of carboxylic acid groups (broad SMARTS) is 1. The molecule has 0 radical (unpaired) electrons. The number of hydrogen-bond donors (Lipinski definition) is 2. The van der Waals surface area contributed by atoms with Crippen molar-refractivity contribution in [3.05, 3.63) is 53.2 Å². The Bertz CT molecular complexity index is 673. The number of anilines is 1. The molecule has 1 atom stereocenters. The molecule has 1 aliphatic rings. The normalized spacial score (nSPS) is 17.1. The van der Waals surface area contributed by atoms with Crippen LogP contribution in [0.1, 0.15) is 40.5 Å². The third kappa shape index (κ3) is 2.69. The van der Waals surface area contributed by atoms with Crippen molar-refractivity contribution >= 4 is 11.8 Å². The minimum atomic E-state index is -1.11. The van der Waals surface area contributed by atoms with Gasteiger partial charge in [-0.1, -0.05) is 12.1 Å². The van der Waals surface area contributed by atoms with Crippen molar-refractivity contribution in [1.82, 2.24) is 9.97 Å². The Hall–Kier alpha value is -2.50. The van der Waals surface area contributed by atoms with Crippen LogP contribution in [0.3, 0.4) is 0 Å². The van der Waals surface area contributed by atoms with E-state index in [9.17, 15) is 9.18 Å². The summed E-state index contributed by atoms with van der Waals surface area (Å²) in [5.74, 6) is -0.799. The van der Waals surface area contributed by atoms with Crippen molar-refractivity contribution in [2.45, 2.75) is 25.3 Å². The number of carbonyl (C=O) groups is 1. The number of halogens is 1. The van der Waals surface area contributed by atoms with Crippen LogP contribution in [0, 0.1) is 5.82 Å². The second-order valence-electron chi connectivity index (χ2n) is 4.99. The van der Waals surface area contributed by atoms with Gasteiger partial charge in [0.2, 0.25) is 0 Å². The highest BCUT2D eigenvalue weighted by Crippen LogP contribution is 2.33. The molecule has 21 heavy (non-hydrogen) atoms. The maximum absolute atomic E-state index is 13.8. The Kier molecular flexibility index (Phi) is 3.51. The summed E-state index contributed by atoms with van der Waals surface area (Å²) in [6, 6.07) is 5.05. The standard InChI is InChI=1S/C15H14FN3O2/c16-11-5-1-4-10-9(11)3-2-6-12(10)19-14-8-17-13(7-18-14)15(20)21/h1,4-5,7-8,12H,2-3,6H2,(H,18,19)(H,20,21). The van der Waals surface area contributed by atoms with Crippen molar-refractivity contribution in [3.8, 4) is 0 Å². The van der Waals surface area contributed by atoms with Gasteiger partial charge in [-0.3, -0.25) is 0 Å². The van der Waals surface area contributed by atoms with Gasteiger partial charge in [0, 0.05) is 0 Å². The fourth-order valence-corrected chi connectivity index (χ4v) is 2.65. The van der Waals surface area contributed by atoms with E-state index in [4.69, 9.17) is 5.11 Å². The van der Waals surface area contributed by atoms with Crippen LogP contribution in [-0.2, 0) is 6.42 Å². The van der Waals surface area contributed by atoms with Crippen LogP contribution in [0.2, 0.25) is 0 Å². The zero-order chi connectivity index (χ0) is 14.8. The van der Waals surface area contributed by atoms with Gasteiger partial charge < -0.3 is 10.4 Å². The number of nitrogens with one attached hydrogen (secondary N) is 1. The van der Waals surface area contributed by atoms with Crippen molar-refractivity contribution in [3.63, 3.8) is 0 Å². The molecule has 1 aromatic heterocycles. The first-order chi connectivity index (χ1) is 10.1. The number of benzene rings is 1. The number of carboxylic acids is 1. The Balaban J connectivity index is 1.83. The third-order valence-corrected chi connectivity index (χ3v) is 3.64. The molecule has 2 aromatic rings. The molecule has 0 aliphatic heterocycles. The van der Waals surface area contributed by atoms with E-state index in [-0.39, 0.29) is 17.6 Å². The van der Waals surface area contributed by atoms with Crippen molar-refractivity contribution in [2.24, 2.45) is 0 Å². The molecule has 1 aromatic carbocycles. The number of aromatic nitrogens is 2. The van der Waals surface area contributed by atoms with Crippen molar-refractivity contribution in [2.75, 3.05) is 5.32 Å². The zero-order valence-corrected chi connectivity index (χ0v) is 11.2. The minimum Gasteiger partial charge on any atom is -0.476 e. The summed E-state index contributed by atoms with van der Waals surface area (Å²) in [5, 5.41) is 12.0. The van der Waals surface area contributed by atoms with Gasteiger partial charge in [-0.25, -0.2) is 19.2 Å². The molecule has 2 N–H and O–H groups in total. The van der Waals surface area contributed by atoms with Gasteiger partial charge in [0.25, 0.3) is 0 Å². The van der Waals surface area contributed by atoms with E-state index in [1.165, 1.54) is 18.5 Å². The Labute approximate surface area is 120 Å². The summed E-state index contributed by atoms with van der Waals surface area (Å²) in [7, 11) is 0. The number of fused-ring (bicyclic) bond motifs is 1. The van der Waals surface area contributed by atoms with Crippen LogP contribution in [0.4, 0.5) is 10.2 Å². The molecule has 3 rings (SSSR count). The quantitative estimate of drug-likeness (QED) is 0.908. The highest BCUT2D eigenvalue weighted by molar-refractivity contribution is 5.84. The molecule has 0 saturated heterocycles. The highest BCUT2D eigenvalue weighted by atomic mass is 19.1. The molecule has 108 valence electrons. The molecule has 1 unspecified atom stereocenters. The van der Waals surface area contributed by atoms with Gasteiger partial charge in [-0.15, -0.1) is 0 Å². The van der Waals surface area contributed by atoms with Crippen LogP contribution >= 0.6 is 0 Å². The summed E-state index contributed by atoms with van der Waals surface area (Å²) in [6.07, 6.45) is 5.10. The second kappa shape index (κ2) is 5.47. The Morgan fingerprint density at radius 1 is 1.33 bits per heavy atom. The molecular weight excluding hydrogens is 273 g/mol. The minimum absolute atomic E-state index is 0.0329. The molecule has 0 amide bonds. The van der Waals surface area contributed by atoms with Crippen molar-refractivity contribution < 1.29 is 14.3 Å². The first-order valence-corrected chi connectivity index (χ1v) is 6.74. The average Bonchev–Trinajstić information content (AvgIpc) is 2.49. The molecule has 0 saturated carbocycles. The topological polar surface area (TPSA) is 75.1 Å². The van der Waals surface area contributed by atoms with E-state index in [0.717, 1.165) is 30.4 Å². The fraction of sp³-hybridized carbons (Fsp3) is 0.267. The molecular formula is C15H14FN3O2. The van der Waals surface area contributed by atoms with E-state index in [2.05, 4.69) is 15.3 Å². The maximum Gasteiger partial charge on any atom is 0.356 e. The lowest BCUT2D eigenvalue weighted by Gasteiger charge is -2.27. The first-order valence-electron chi connectivity index (χ1n) is 6.74.